The lowest BCUT2D eigenvalue weighted by Crippen LogP contribution is -2.13. The molecule has 0 aliphatic rings. The molecule has 0 N–H and O–H groups in total. The highest BCUT2D eigenvalue weighted by Gasteiger charge is 2.23. The lowest BCUT2D eigenvalue weighted by Gasteiger charge is -2.31. The first-order valence-electron chi connectivity index (χ1n) is 20.5. The molecular formula is C58H42N2. The van der Waals surface area contributed by atoms with Crippen LogP contribution in [0.1, 0.15) is 0 Å². The maximum absolute atomic E-state index is 2.42. The number of hydrogen-bond acceptors (Lipinski definition) is 2. The smallest absolute Gasteiger partial charge is 0.0541 e. The van der Waals surface area contributed by atoms with Gasteiger partial charge in [0, 0.05) is 33.8 Å². The van der Waals surface area contributed by atoms with Gasteiger partial charge in [0.25, 0.3) is 0 Å². The summed E-state index contributed by atoms with van der Waals surface area (Å²) >= 11 is 0. The minimum absolute atomic E-state index is 1.07. The number of rotatable bonds is 10. The summed E-state index contributed by atoms with van der Waals surface area (Å²) in [6, 6.07) is 91.7. The second-order valence-electron chi connectivity index (χ2n) is 15.0. The highest BCUT2D eigenvalue weighted by Crippen LogP contribution is 2.49. The summed E-state index contributed by atoms with van der Waals surface area (Å²) in [7, 11) is 0. The van der Waals surface area contributed by atoms with E-state index in [1.165, 1.54) is 38.8 Å². The molecule has 10 aromatic rings. The zero-order chi connectivity index (χ0) is 40.1. The topological polar surface area (TPSA) is 6.48 Å². The van der Waals surface area contributed by atoms with Crippen molar-refractivity contribution in [2.45, 2.75) is 0 Å². The largest absolute Gasteiger partial charge is 0.310 e. The van der Waals surface area contributed by atoms with E-state index in [-0.39, 0.29) is 0 Å². The van der Waals surface area contributed by atoms with Crippen molar-refractivity contribution in [2.75, 3.05) is 9.80 Å². The van der Waals surface area contributed by atoms with Crippen LogP contribution in [-0.2, 0) is 0 Å². The molecule has 0 atom stereocenters. The van der Waals surface area contributed by atoms with Crippen LogP contribution < -0.4 is 9.80 Å². The molecule has 0 radical (unpaired) electrons. The first kappa shape index (κ1) is 36.4. The molecule has 0 saturated carbocycles. The molecular weight excluding hydrogens is 725 g/mol. The van der Waals surface area contributed by atoms with E-state index in [9.17, 15) is 0 Å². The fraction of sp³-hybridized carbons (Fsp3) is 0. The van der Waals surface area contributed by atoms with Gasteiger partial charge in [0.2, 0.25) is 0 Å². The summed E-state index contributed by atoms with van der Waals surface area (Å²) in [5.41, 5.74) is 15.8. The molecule has 284 valence electrons. The standard InChI is InChI=1S/C58H42N2/c1-7-21-43(22-8-1)47-29-19-35-51(39-47)59(49-31-15-5-16-32-49)53-41-55(46-27-13-4-14-28-46)58-54(45-25-11-3-12-26-45)37-38-57(56(58)42-53)60(50-33-17-6-18-34-50)52-36-20-30-48(40-52)44-23-9-2-10-24-44/h1-42H. The molecule has 0 aliphatic carbocycles. The maximum atomic E-state index is 2.42. The zero-order valence-corrected chi connectivity index (χ0v) is 33.1. The molecule has 2 nitrogen and oxygen atoms in total. The van der Waals surface area contributed by atoms with E-state index in [4.69, 9.17) is 0 Å². The summed E-state index contributed by atoms with van der Waals surface area (Å²) in [6.45, 7) is 0. The number of anilines is 6. The van der Waals surface area contributed by atoms with Gasteiger partial charge in [-0.1, -0.05) is 188 Å². The highest BCUT2D eigenvalue weighted by atomic mass is 15.2. The molecule has 0 bridgehead atoms. The van der Waals surface area contributed by atoms with Gasteiger partial charge in [-0.2, -0.15) is 0 Å². The van der Waals surface area contributed by atoms with E-state index < -0.39 is 0 Å². The van der Waals surface area contributed by atoms with Crippen LogP contribution in [0.5, 0.6) is 0 Å². The van der Waals surface area contributed by atoms with E-state index in [1.807, 2.05) is 0 Å². The van der Waals surface area contributed by atoms with Gasteiger partial charge in [-0.15, -0.1) is 0 Å². The monoisotopic (exact) mass is 766 g/mol. The van der Waals surface area contributed by atoms with E-state index >= 15 is 0 Å². The Labute approximate surface area is 352 Å². The van der Waals surface area contributed by atoms with Crippen LogP contribution in [0.3, 0.4) is 0 Å². The van der Waals surface area contributed by atoms with Crippen LogP contribution in [-0.4, -0.2) is 0 Å². The van der Waals surface area contributed by atoms with Crippen molar-refractivity contribution in [3.63, 3.8) is 0 Å². The lowest BCUT2D eigenvalue weighted by atomic mass is 9.89. The zero-order valence-electron chi connectivity index (χ0n) is 33.1. The van der Waals surface area contributed by atoms with Crippen molar-refractivity contribution >= 4 is 44.9 Å². The minimum atomic E-state index is 1.07. The molecule has 10 aromatic carbocycles. The Balaban J connectivity index is 1.30. The molecule has 60 heavy (non-hydrogen) atoms. The molecule has 0 heterocycles. The van der Waals surface area contributed by atoms with Crippen LogP contribution in [0.25, 0.3) is 55.3 Å². The number of hydrogen-bond donors (Lipinski definition) is 0. The van der Waals surface area contributed by atoms with Crippen molar-refractivity contribution in [1.29, 1.82) is 0 Å². The molecule has 0 aliphatic heterocycles. The normalized spacial score (nSPS) is 11.0. The average molecular weight is 767 g/mol. The predicted molar refractivity (Wildman–Crippen MR) is 255 cm³/mol. The summed E-state index contributed by atoms with van der Waals surface area (Å²) in [5, 5.41) is 2.33. The van der Waals surface area contributed by atoms with Gasteiger partial charge in [-0.05, 0) is 117 Å². The molecule has 0 amide bonds. The van der Waals surface area contributed by atoms with Gasteiger partial charge in [0.05, 0.1) is 5.69 Å². The van der Waals surface area contributed by atoms with Crippen LogP contribution in [0, 0.1) is 0 Å². The first-order chi connectivity index (χ1) is 29.8. The quantitative estimate of drug-likeness (QED) is 0.137. The third kappa shape index (κ3) is 7.23. The summed E-state index contributed by atoms with van der Waals surface area (Å²) in [4.78, 5) is 4.82. The van der Waals surface area contributed by atoms with Crippen LogP contribution >= 0.6 is 0 Å². The molecule has 0 unspecified atom stereocenters. The van der Waals surface area contributed by atoms with Crippen molar-refractivity contribution < 1.29 is 0 Å². The second-order valence-corrected chi connectivity index (χ2v) is 15.0. The van der Waals surface area contributed by atoms with Gasteiger partial charge in [-0.3, -0.25) is 0 Å². The van der Waals surface area contributed by atoms with Gasteiger partial charge in [0.15, 0.2) is 0 Å². The van der Waals surface area contributed by atoms with E-state index in [0.29, 0.717) is 0 Å². The average Bonchev–Trinajstić information content (AvgIpc) is 3.33. The van der Waals surface area contributed by atoms with Crippen molar-refractivity contribution in [1.82, 2.24) is 0 Å². The molecule has 0 saturated heterocycles. The van der Waals surface area contributed by atoms with E-state index in [2.05, 4.69) is 265 Å². The van der Waals surface area contributed by atoms with Crippen LogP contribution in [0.4, 0.5) is 34.1 Å². The van der Waals surface area contributed by atoms with Gasteiger partial charge in [-0.25, -0.2) is 0 Å². The molecule has 2 heteroatoms. The van der Waals surface area contributed by atoms with Gasteiger partial charge < -0.3 is 9.80 Å². The first-order valence-corrected chi connectivity index (χ1v) is 20.5. The highest BCUT2D eigenvalue weighted by molar-refractivity contribution is 6.14. The lowest BCUT2D eigenvalue weighted by molar-refractivity contribution is 1.28. The number of fused-ring (bicyclic) bond motifs is 1. The van der Waals surface area contributed by atoms with E-state index in [1.54, 1.807) is 0 Å². The fourth-order valence-electron chi connectivity index (χ4n) is 8.42. The Morgan fingerprint density at radius 3 is 1.10 bits per heavy atom. The molecule has 0 fully saturated rings. The number of para-hydroxylation sites is 2. The summed E-state index contributed by atoms with van der Waals surface area (Å²) in [6.07, 6.45) is 0. The summed E-state index contributed by atoms with van der Waals surface area (Å²) in [5.74, 6) is 0. The third-order valence-electron chi connectivity index (χ3n) is 11.2. The van der Waals surface area contributed by atoms with E-state index in [0.717, 1.165) is 50.6 Å². The second kappa shape index (κ2) is 16.5. The molecule has 0 aromatic heterocycles. The Kier molecular flexibility index (Phi) is 10.0. The summed E-state index contributed by atoms with van der Waals surface area (Å²) < 4.78 is 0. The minimum Gasteiger partial charge on any atom is -0.310 e. The predicted octanol–water partition coefficient (Wildman–Crippen LogP) is 16.4. The molecule has 10 rings (SSSR count). The third-order valence-corrected chi connectivity index (χ3v) is 11.2. The van der Waals surface area contributed by atoms with Gasteiger partial charge in [0.1, 0.15) is 0 Å². The van der Waals surface area contributed by atoms with Crippen molar-refractivity contribution in [2.24, 2.45) is 0 Å². The van der Waals surface area contributed by atoms with Crippen LogP contribution in [0.2, 0.25) is 0 Å². The number of nitrogens with zero attached hydrogens (tertiary/aromatic N) is 2. The Hall–Kier alpha value is -7.94. The molecule has 0 spiro atoms. The number of benzene rings is 10. The van der Waals surface area contributed by atoms with Gasteiger partial charge >= 0.3 is 0 Å². The van der Waals surface area contributed by atoms with Crippen molar-refractivity contribution in [3.8, 4) is 44.5 Å². The Bertz CT molecular complexity index is 3000. The Morgan fingerprint density at radius 2 is 0.600 bits per heavy atom. The maximum Gasteiger partial charge on any atom is 0.0541 e. The SMILES string of the molecule is c1ccc(-c2cccc(N(c3ccccc3)c3cc(-c4ccccc4)c4c(-c5ccccc5)ccc(N(c5ccccc5)c5cccc(-c6ccccc6)c5)c4c3)c2)cc1. The van der Waals surface area contributed by atoms with Crippen molar-refractivity contribution in [3.05, 3.63) is 255 Å². The Morgan fingerprint density at radius 1 is 0.217 bits per heavy atom. The fourth-order valence-corrected chi connectivity index (χ4v) is 8.42. The van der Waals surface area contributed by atoms with Crippen LogP contribution in [0.15, 0.2) is 255 Å².